The number of carbonyl (C=O) groups is 1. The molecular formula is C15H12BrCl2NO. The molecule has 0 aliphatic heterocycles. The number of amides is 1. The lowest BCUT2D eigenvalue weighted by molar-refractivity contribution is 0.0951. The van der Waals surface area contributed by atoms with E-state index in [-0.39, 0.29) is 5.91 Å². The highest BCUT2D eigenvalue weighted by atomic mass is 79.9. The summed E-state index contributed by atoms with van der Waals surface area (Å²) in [6.07, 6.45) is 0. The van der Waals surface area contributed by atoms with Crippen LogP contribution >= 0.6 is 39.1 Å². The molecule has 1 amide bonds. The minimum Gasteiger partial charge on any atom is -0.348 e. The van der Waals surface area contributed by atoms with Gasteiger partial charge in [-0.25, -0.2) is 0 Å². The standard InChI is InChI=1S/C15H12BrCl2NO/c16-8-10-1-3-11(4-2-10)9-19-15(20)13-7-12(17)5-6-14(13)18/h1-7H,8-9H2,(H,19,20). The largest absolute Gasteiger partial charge is 0.348 e. The second kappa shape index (κ2) is 7.11. The molecule has 5 heteroatoms. The van der Waals surface area contributed by atoms with Crippen molar-refractivity contribution in [1.29, 1.82) is 0 Å². The summed E-state index contributed by atoms with van der Waals surface area (Å²) in [6.45, 7) is 0.449. The third-order valence-corrected chi connectivity index (χ3v) is 4.02. The molecule has 0 aliphatic rings. The first-order valence-corrected chi connectivity index (χ1v) is 7.85. The highest BCUT2D eigenvalue weighted by Crippen LogP contribution is 2.20. The maximum Gasteiger partial charge on any atom is 0.253 e. The molecule has 0 spiro atoms. The Balaban J connectivity index is 2.02. The lowest BCUT2D eigenvalue weighted by Crippen LogP contribution is -2.23. The van der Waals surface area contributed by atoms with Crippen LogP contribution < -0.4 is 5.32 Å². The van der Waals surface area contributed by atoms with Crippen LogP contribution in [-0.2, 0) is 11.9 Å². The van der Waals surface area contributed by atoms with Gasteiger partial charge in [-0.15, -0.1) is 0 Å². The minimum absolute atomic E-state index is 0.234. The van der Waals surface area contributed by atoms with Crippen LogP contribution in [0.1, 0.15) is 21.5 Å². The van der Waals surface area contributed by atoms with E-state index < -0.39 is 0 Å². The second-order valence-corrected chi connectivity index (χ2v) is 5.66. The molecule has 1 N–H and O–H groups in total. The number of hydrogen-bond donors (Lipinski definition) is 1. The molecule has 2 aromatic carbocycles. The van der Waals surface area contributed by atoms with E-state index in [9.17, 15) is 4.79 Å². The van der Waals surface area contributed by atoms with Crippen molar-refractivity contribution in [3.05, 3.63) is 69.2 Å². The van der Waals surface area contributed by atoms with Gasteiger partial charge in [-0.3, -0.25) is 4.79 Å². The first-order chi connectivity index (χ1) is 9.60. The smallest absolute Gasteiger partial charge is 0.253 e. The molecule has 104 valence electrons. The molecule has 0 saturated heterocycles. The van der Waals surface area contributed by atoms with Gasteiger partial charge in [-0.2, -0.15) is 0 Å². The quantitative estimate of drug-likeness (QED) is 0.766. The lowest BCUT2D eigenvalue weighted by atomic mass is 10.1. The molecule has 0 aliphatic carbocycles. The molecule has 0 radical (unpaired) electrons. The SMILES string of the molecule is O=C(NCc1ccc(CBr)cc1)c1cc(Cl)ccc1Cl. The van der Waals surface area contributed by atoms with Crippen LogP contribution in [0.25, 0.3) is 0 Å². The van der Waals surface area contributed by atoms with E-state index in [1.807, 2.05) is 24.3 Å². The number of rotatable bonds is 4. The summed E-state index contributed by atoms with van der Waals surface area (Å²) in [6, 6.07) is 12.8. The average molecular weight is 373 g/mol. The van der Waals surface area contributed by atoms with Gasteiger partial charge in [0.25, 0.3) is 5.91 Å². The molecule has 0 saturated carbocycles. The lowest BCUT2D eigenvalue weighted by Gasteiger charge is -2.08. The average Bonchev–Trinajstić information content (AvgIpc) is 2.47. The van der Waals surface area contributed by atoms with Crippen LogP contribution in [0.2, 0.25) is 10.0 Å². The van der Waals surface area contributed by atoms with E-state index in [4.69, 9.17) is 23.2 Å². The Bertz CT molecular complexity index is 614. The van der Waals surface area contributed by atoms with Crippen molar-refractivity contribution in [3.8, 4) is 0 Å². The van der Waals surface area contributed by atoms with Crippen LogP contribution in [-0.4, -0.2) is 5.91 Å². The van der Waals surface area contributed by atoms with Gasteiger partial charge >= 0.3 is 0 Å². The summed E-state index contributed by atoms with van der Waals surface area (Å²) in [7, 11) is 0. The molecular weight excluding hydrogens is 361 g/mol. The number of hydrogen-bond acceptors (Lipinski definition) is 1. The van der Waals surface area contributed by atoms with Crippen molar-refractivity contribution in [2.45, 2.75) is 11.9 Å². The Morgan fingerprint density at radius 3 is 2.35 bits per heavy atom. The van der Waals surface area contributed by atoms with E-state index in [1.165, 1.54) is 5.56 Å². The van der Waals surface area contributed by atoms with Gasteiger partial charge in [-0.05, 0) is 29.3 Å². The minimum atomic E-state index is -0.234. The Kier molecular flexibility index (Phi) is 5.46. The van der Waals surface area contributed by atoms with Crippen LogP contribution in [0.5, 0.6) is 0 Å². The second-order valence-electron chi connectivity index (χ2n) is 4.26. The summed E-state index contributed by atoms with van der Waals surface area (Å²) in [4.78, 5) is 12.1. The molecule has 0 heterocycles. The number of alkyl halides is 1. The maximum absolute atomic E-state index is 12.1. The molecule has 2 aromatic rings. The molecule has 0 unspecified atom stereocenters. The summed E-state index contributed by atoms with van der Waals surface area (Å²) < 4.78 is 0. The predicted molar refractivity (Wildman–Crippen MR) is 86.7 cm³/mol. The zero-order valence-electron chi connectivity index (χ0n) is 10.5. The molecule has 2 nitrogen and oxygen atoms in total. The summed E-state index contributed by atoms with van der Waals surface area (Å²) >= 11 is 15.2. The first-order valence-electron chi connectivity index (χ1n) is 5.97. The fraction of sp³-hybridized carbons (Fsp3) is 0.133. The van der Waals surface area contributed by atoms with Crippen molar-refractivity contribution >= 4 is 45.0 Å². The Hall–Kier alpha value is -1.03. The Morgan fingerprint density at radius 1 is 1.05 bits per heavy atom. The van der Waals surface area contributed by atoms with Crippen LogP contribution in [0.4, 0.5) is 0 Å². The van der Waals surface area contributed by atoms with Crippen molar-refractivity contribution < 1.29 is 4.79 Å². The van der Waals surface area contributed by atoms with E-state index in [0.717, 1.165) is 10.9 Å². The fourth-order valence-electron chi connectivity index (χ4n) is 1.70. The van der Waals surface area contributed by atoms with Gasteiger partial charge in [-0.1, -0.05) is 63.4 Å². The van der Waals surface area contributed by atoms with E-state index in [1.54, 1.807) is 18.2 Å². The van der Waals surface area contributed by atoms with E-state index in [2.05, 4.69) is 21.2 Å². The van der Waals surface area contributed by atoms with Crippen LogP contribution in [0.15, 0.2) is 42.5 Å². The van der Waals surface area contributed by atoms with Gasteiger partial charge in [0.1, 0.15) is 0 Å². The van der Waals surface area contributed by atoms with Crippen LogP contribution in [0, 0.1) is 0 Å². The van der Waals surface area contributed by atoms with Crippen LogP contribution in [0.3, 0.4) is 0 Å². The highest BCUT2D eigenvalue weighted by Gasteiger charge is 2.10. The third kappa shape index (κ3) is 3.98. The van der Waals surface area contributed by atoms with Gasteiger partial charge in [0.2, 0.25) is 0 Å². The van der Waals surface area contributed by atoms with Crippen molar-refractivity contribution in [3.63, 3.8) is 0 Å². The fourth-order valence-corrected chi connectivity index (χ4v) is 2.44. The predicted octanol–water partition coefficient (Wildman–Crippen LogP) is 4.82. The van der Waals surface area contributed by atoms with E-state index in [0.29, 0.717) is 22.2 Å². The van der Waals surface area contributed by atoms with Crippen molar-refractivity contribution in [1.82, 2.24) is 5.32 Å². The molecule has 0 atom stereocenters. The Labute approximate surface area is 136 Å². The van der Waals surface area contributed by atoms with Crippen molar-refractivity contribution in [2.24, 2.45) is 0 Å². The molecule has 0 bridgehead atoms. The zero-order valence-corrected chi connectivity index (χ0v) is 13.6. The molecule has 2 rings (SSSR count). The van der Waals surface area contributed by atoms with Gasteiger partial charge in [0.15, 0.2) is 0 Å². The van der Waals surface area contributed by atoms with E-state index >= 15 is 0 Å². The monoisotopic (exact) mass is 371 g/mol. The summed E-state index contributed by atoms with van der Waals surface area (Å²) in [5.74, 6) is -0.234. The topological polar surface area (TPSA) is 29.1 Å². The maximum atomic E-state index is 12.1. The third-order valence-electron chi connectivity index (χ3n) is 2.80. The normalized spacial score (nSPS) is 10.3. The number of nitrogens with one attached hydrogen (secondary N) is 1. The number of halogens is 3. The number of carbonyl (C=O) groups excluding carboxylic acids is 1. The van der Waals surface area contributed by atoms with Gasteiger partial charge in [0, 0.05) is 16.9 Å². The van der Waals surface area contributed by atoms with Crippen molar-refractivity contribution in [2.75, 3.05) is 0 Å². The molecule has 0 fully saturated rings. The zero-order chi connectivity index (χ0) is 14.5. The van der Waals surface area contributed by atoms with Gasteiger partial charge in [0.05, 0.1) is 10.6 Å². The summed E-state index contributed by atoms with van der Waals surface area (Å²) in [5, 5.41) is 4.52. The van der Waals surface area contributed by atoms with Gasteiger partial charge < -0.3 is 5.32 Å². The molecule has 20 heavy (non-hydrogen) atoms. The molecule has 0 aromatic heterocycles. The summed E-state index contributed by atoms with van der Waals surface area (Å²) in [5.41, 5.74) is 2.61. The highest BCUT2D eigenvalue weighted by molar-refractivity contribution is 9.08. The number of benzene rings is 2. The first kappa shape index (κ1) is 15.4. The Morgan fingerprint density at radius 2 is 1.70 bits per heavy atom.